The van der Waals surface area contributed by atoms with Gasteiger partial charge >= 0.3 is 11.9 Å². The first kappa shape index (κ1) is 41.8. The van der Waals surface area contributed by atoms with Gasteiger partial charge in [-0.15, -0.1) is 0 Å². The Bertz CT molecular complexity index is 710. The van der Waals surface area contributed by atoms with Gasteiger partial charge in [0.25, 0.3) is 0 Å². The Morgan fingerprint density at radius 1 is 0.622 bits per heavy atom. The van der Waals surface area contributed by atoms with Gasteiger partial charge in [-0.05, 0) is 24.7 Å². The molecule has 0 spiro atoms. The predicted octanol–water partition coefficient (Wildman–Crippen LogP) is 9.24. The average molecular weight is 641 g/mol. The summed E-state index contributed by atoms with van der Waals surface area (Å²) in [6, 6.07) is 0. The molecular weight excluding hydrogens is 568 g/mol. The largest absolute Gasteiger partial charge is 0.457 e. The van der Waals surface area contributed by atoms with Crippen molar-refractivity contribution in [3.63, 3.8) is 0 Å². The van der Waals surface area contributed by atoms with E-state index in [-0.39, 0.29) is 25.4 Å². The Balaban J connectivity index is 2.14. The summed E-state index contributed by atoms with van der Waals surface area (Å²) < 4.78 is 16.7. The lowest BCUT2D eigenvalue weighted by Gasteiger charge is -2.27. The van der Waals surface area contributed by atoms with Gasteiger partial charge in [-0.25, -0.2) is 0 Å². The summed E-state index contributed by atoms with van der Waals surface area (Å²) >= 11 is 0. The number of rotatable bonds is 30. The van der Waals surface area contributed by atoms with E-state index in [1.165, 1.54) is 103 Å². The van der Waals surface area contributed by atoms with Gasteiger partial charge in [0.15, 0.2) is 12.2 Å². The maximum atomic E-state index is 12.5. The molecule has 0 amide bonds. The van der Waals surface area contributed by atoms with Crippen molar-refractivity contribution in [2.24, 2.45) is 11.8 Å². The summed E-state index contributed by atoms with van der Waals surface area (Å²) in [7, 11) is 0. The summed E-state index contributed by atoms with van der Waals surface area (Å²) in [6.07, 6.45) is 23.3. The molecule has 45 heavy (non-hydrogen) atoms. The van der Waals surface area contributed by atoms with E-state index in [0.717, 1.165) is 50.4 Å². The van der Waals surface area contributed by atoms with Gasteiger partial charge in [0, 0.05) is 12.8 Å². The van der Waals surface area contributed by atoms with Crippen LogP contribution in [-0.2, 0) is 23.8 Å². The highest BCUT2D eigenvalue weighted by molar-refractivity contribution is 5.70. The van der Waals surface area contributed by atoms with Crippen LogP contribution in [0.2, 0.25) is 0 Å². The second-order valence-corrected chi connectivity index (χ2v) is 14.5. The van der Waals surface area contributed by atoms with Crippen molar-refractivity contribution < 1.29 is 34.0 Å². The standard InChI is InChI=1S/C38H72O7/c1-31(2)25-21-17-13-9-5-7-11-15-19-23-27-35(41)44-34(29-39)38-37(33(40)30-43-38)45-36(42)28-24-20-16-12-8-6-10-14-18-22-26-32(3)4/h31-34,37-40H,5-30H2,1-4H3/t33-,34+,37+,38+/m0/s1. The van der Waals surface area contributed by atoms with E-state index in [1.807, 2.05) is 0 Å². The molecule has 1 rings (SSSR count). The molecule has 1 aliphatic rings. The van der Waals surface area contributed by atoms with Crippen molar-refractivity contribution in [3.8, 4) is 0 Å². The fourth-order valence-electron chi connectivity index (χ4n) is 6.20. The smallest absolute Gasteiger partial charge is 0.306 e. The van der Waals surface area contributed by atoms with Crippen molar-refractivity contribution in [2.75, 3.05) is 13.2 Å². The minimum absolute atomic E-state index is 0.0215. The third-order valence-corrected chi connectivity index (χ3v) is 9.08. The molecule has 0 bridgehead atoms. The Labute approximate surface area is 276 Å². The van der Waals surface area contributed by atoms with Crippen molar-refractivity contribution in [1.29, 1.82) is 0 Å². The normalized spacial score (nSPS) is 19.0. The summed E-state index contributed by atoms with van der Waals surface area (Å²) in [5.41, 5.74) is 0. The monoisotopic (exact) mass is 641 g/mol. The van der Waals surface area contributed by atoms with E-state index in [4.69, 9.17) is 14.2 Å². The lowest BCUT2D eigenvalue weighted by atomic mass is 10.0. The highest BCUT2D eigenvalue weighted by Gasteiger charge is 2.45. The molecule has 0 unspecified atom stereocenters. The fourth-order valence-corrected chi connectivity index (χ4v) is 6.20. The Kier molecular flexibility index (Phi) is 25.9. The van der Waals surface area contributed by atoms with Crippen LogP contribution in [0.25, 0.3) is 0 Å². The van der Waals surface area contributed by atoms with Crippen LogP contribution in [0.5, 0.6) is 0 Å². The van der Waals surface area contributed by atoms with Crippen molar-refractivity contribution >= 4 is 11.9 Å². The molecule has 0 aromatic rings. The molecule has 0 aliphatic carbocycles. The molecule has 1 aliphatic heterocycles. The van der Waals surface area contributed by atoms with E-state index < -0.39 is 37.0 Å². The number of hydrogen-bond donors (Lipinski definition) is 2. The number of unbranched alkanes of at least 4 members (excludes halogenated alkanes) is 18. The van der Waals surface area contributed by atoms with Crippen LogP contribution < -0.4 is 0 Å². The van der Waals surface area contributed by atoms with Gasteiger partial charge < -0.3 is 24.4 Å². The minimum Gasteiger partial charge on any atom is -0.457 e. The van der Waals surface area contributed by atoms with E-state index in [2.05, 4.69) is 27.7 Å². The molecule has 2 N–H and O–H groups in total. The number of aliphatic hydroxyl groups is 2. The number of hydrogen-bond acceptors (Lipinski definition) is 7. The lowest BCUT2D eigenvalue weighted by molar-refractivity contribution is -0.171. The fraction of sp³-hybridized carbons (Fsp3) is 0.947. The lowest BCUT2D eigenvalue weighted by Crippen LogP contribution is -2.45. The quantitative estimate of drug-likeness (QED) is 0.0596. The number of carbonyl (C=O) groups is 2. The van der Waals surface area contributed by atoms with Crippen LogP contribution in [0, 0.1) is 11.8 Å². The van der Waals surface area contributed by atoms with E-state index in [9.17, 15) is 19.8 Å². The second-order valence-electron chi connectivity index (χ2n) is 14.5. The molecule has 0 aromatic heterocycles. The zero-order chi connectivity index (χ0) is 33.1. The molecule has 4 atom stereocenters. The van der Waals surface area contributed by atoms with Crippen LogP contribution in [0.3, 0.4) is 0 Å². The number of carbonyl (C=O) groups excluding carboxylic acids is 2. The summed E-state index contributed by atoms with van der Waals surface area (Å²) in [6.45, 7) is 8.68. The first-order valence-corrected chi connectivity index (χ1v) is 19.0. The van der Waals surface area contributed by atoms with Gasteiger partial charge in [0.2, 0.25) is 0 Å². The minimum atomic E-state index is -1.00. The van der Waals surface area contributed by atoms with Gasteiger partial charge in [-0.2, -0.15) is 0 Å². The maximum absolute atomic E-state index is 12.5. The Hall–Kier alpha value is -1.18. The van der Waals surface area contributed by atoms with Crippen LogP contribution in [0.1, 0.15) is 182 Å². The van der Waals surface area contributed by atoms with Crippen molar-refractivity contribution in [3.05, 3.63) is 0 Å². The summed E-state index contributed by atoms with van der Waals surface area (Å²) in [4.78, 5) is 25.0. The van der Waals surface area contributed by atoms with E-state index in [1.54, 1.807) is 0 Å². The predicted molar refractivity (Wildman–Crippen MR) is 183 cm³/mol. The maximum Gasteiger partial charge on any atom is 0.306 e. The number of esters is 2. The first-order chi connectivity index (χ1) is 21.7. The van der Waals surface area contributed by atoms with Crippen LogP contribution in [0.4, 0.5) is 0 Å². The average Bonchev–Trinajstić information content (AvgIpc) is 3.35. The Morgan fingerprint density at radius 2 is 1.00 bits per heavy atom. The van der Waals surface area contributed by atoms with E-state index >= 15 is 0 Å². The third kappa shape index (κ3) is 22.9. The van der Waals surface area contributed by atoms with Gasteiger partial charge in [0.05, 0.1) is 13.2 Å². The molecule has 1 heterocycles. The highest BCUT2D eigenvalue weighted by Crippen LogP contribution is 2.24. The number of ether oxygens (including phenoxy) is 3. The van der Waals surface area contributed by atoms with Gasteiger partial charge in [-0.1, -0.05) is 156 Å². The second kappa shape index (κ2) is 27.9. The van der Waals surface area contributed by atoms with Crippen LogP contribution in [0.15, 0.2) is 0 Å². The van der Waals surface area contributed by atoms with Crippen molar-refractivity contribution in [1.82, 2.24) is 0 Å². The molecule has 1 saturated heterocycles. The van der Waals surface area contributed by atoms with Crippen LogP contribution in [-0.4, -0.2) is 59.8 Å². The van der Waals surface area contributed by atoms with E-state index in [0.29, 0.717) is 0 Å². The van der Waals surface area contributed by atoms with Crippen LogP contribution >= 0.6 is 0 Å². The SMILES string of the molecule is CC(C)CCCCCCCCCCCCC(=O)O[C@H]1[C@@H]([C@@H](CO)OC(=O)CCCCCCCCCCCCC(C)C)OC[C@@H]1O. The molecule has 0 radical (unpaired) electrons. The molecule has 0 saturated carbocycles. The zero-order valence-corrected chi connectivity index (χ0v) is 29.8. The third-order valence-electron chi connectivity index (χ3n) is 9.08. The van der Waals surface area contributed by atoms with Crippen molar-refractivity contribution in [2.45, 2.75) is 206 Å². The molecule has 7 nitrogen and oxygen atoms in total. The summed E-state index contributed by atoms with van der Waals surface area (Å²) in [5.74, 6) is 0.845. The summed E-state index contributed by atoms with van der Waals surface area (Å²) in [5, 5.41) is 20.3. The molecular formula is C38H72O7. The van der Waals surface area contributed by atoms with Gasteiger partial charge in [-0.3, -0.25) is 9.59 Å². The number of aliphatic hydroxyl groups excluding tert-OH is 2. The zero-order valence-electron chi connectivity index (χ0n) is 29.8. The first-order valence-electron chi connectivity index (χ1n) is 19.0. The van der Waals surface area contributed by atoms with Gasteiger partial charge in [0.1, 0.15) is 12.2 Å². The molecule has 1 fully saturated rings. The Morgan fingerprint density at radius 3 is 1.40 bits per heavy atom. The molecule has 266 valence electrons. The highest BCUT2D eigenvalue weighted by atomic mass is 16.6. The topological polar surface area (TPSA) is 102 Å². The molecule has 7 heteroatoms. The molecule has 0 aromatic carbocycles.